The van der Waals surface area contributed by atoms with Gasteiger partial charge < -0.3 is 15.4 Å². The van der Waals surface area contributed by atoms with Crippen molar-refractivity contribution in [1.82, 2.24) is 0 Å². The lowest BCUT2D eigenvalue weighted by Gasteiger charge is -2.58. The van der Waals surface area contributed by atoms with Gasteiger partial charge in [-0.25, -0.2) is 4.57 Å². The van der Waals surface area contributed by atoms with Gasteiger partial charge in [-0.05, 0) is 97.7 Å². The minimum Gasteiger partial charge on any atom is -0.375 e. The van der Waals surface area contributed by atoms with E-state index in [4.69, 9.17) is 19.5 Å². The molecule has 0 amide bonds. The number of phosphoric ester groups is 1. The van der Waals surface area contributed by atoms with Crippen LogP contribution in [-0.4, -0.2) is 37.4 Å². The van der Waals surface area contributed by atoms with Crippen molar-refractivity contribution < 1.29 is 23.2 Å². The Morgan fingerprint density at radius 2 is 1.79 bits per heavy atom. The maximum Gasteiger partial charge on any atom is 0.472 e. The molecule has 0 spiro atoms. The Labute approximate surface area is 232 Å². The molecule has 7 heteroatoms. The predicted octanol–water partition coefficient (Wildman–Crippen LogP) is 7.51. The first-order valence-corrected chi connectivity index (χ1v) is 17.1. The van der Waals surface area contributed by atoms with Crippen molar-refractivity contribution in [2.45, 2.75) is 111 Å². The van der Waals surface area contributed by atoms with Gasteiger partial charge in [0, 0.05) is 6.54 Å². The molecule has 0 aromatic rings. The molecule has 3 saturated carbocycles. The van der Waals surface area contributed by atoms with Gasteiger partial charge in [0.2, 0.25) is 0 Å². The van der Waals surface area contributed by atoms with Gasteiger partial charge in [-0.15, -0.1) is 0 Å². The smallest absolute Gasteiger partial charge is 0.375 e. The fourth-order valence-electron chi connectivity index (χ4n) is 9.37. The van der Waals surface area contributed by atoms with Crippen LogP contribution >= 0.6 is 7.82 Å². The van der Waals surface area contributed by atoms with Crippen LogP contribution in [-0.2, 0) is 18.3 Å². The summed E-state index contributed by atoms with van der Waals surface area (Å²) in [5.74, 6) is 5.11. The van der Waals surface area contributed by atoms with Crippen molar-refractivity contribution >= 4 is 7.82 Å². The van der Waals surface area contributed by atoms with Crippen molar-refractivity contribution in [3.63, 3.8) is 0 Å². The summed E-state index contributed by atoms with van der Waals surface area (Å²) in [6.45, 7) is 13.0. The molecule has 4 rings (SSSR count). The highest BCUT2D eigenvalue weighted by molar-refractivity contribution is 7.47. The van der Waals surface area contributed by atoms with Crippen LogP contribution in [0, 0.1) is 46.3 Å². The number of hydrogen-bond acceptors (Lipinski definition) is 5. The van der Waals surface area contributed by atoms with Crippen LogP contribution in [0.3, 0.4) is 0 Å². The lowest BCUT2D eigenvalue weighted by molar-refractivity contribution is -0.0657. The minimum atomic E-state index is -4.04. The van der Waals surface area contributed by atoms with Crippen LogP contribution in [0.4, 0.5) is 0 Å². The van der Waals surface area contributed by atoms with E-state index in [0.717, 1.165) is 48.3 Å². The van der Waals surface area contributed by atoms with E-state index in [9.17, 15) is 9.46 Å². The third kappa shape index (κ3) is 6.63. The van der Waals surface area contributed by atoms with E-state index < -0.39 is 7.82 Å². The maximum absolute atomic E-state index is 11.8. The van der Waals surface area contributed by atoms with Crippen LogP contribution in [0.15, 0.2) is 11.6 Å². The number of nitrogens with two attached hydrogens (primary N) is 1. The van der Waals surface area contributed by atoms with Gasteiger partial charge in [0.1, 0.15) is 0 Å². The summed E-state index contributed by atoms with van der Waals surface area (Å²) >= 11 is 0. The largest absolute Gasteiger partial charge is 0.472 e. The van der Waals surface area contributed by atoms with Gasteiger partial charge in [-0.3, -0.25) is 9.05 Å². The summed E-state index contributed by atoms with van der Waals surface area (Å²) in [6.07, 6.45) is 17.1. The molecule has 3 fully saturated rings. The fourth-order valence-corrected chi connectivity index (χ4v) is 10.1. The molecule has 4 unspecified atom stereocenters. The highest BCUT2D eigenvalue weighted by Crippen LogP contribution is 2.67. The molecule has 0 saturated heterocycles. The summed E-state index contributed by atoms with van der Waals surface area (Å²) < 4.78 is 27.7. The number of hydrogen-bond donors (Lipinski definition) is 2. The van der Waals surface area contributed by atoms with Crippen LogP contribution in [0.2, 0.25) is 0 Å². The van der Waals surface area contributed by atoms with Crippen LogP contribution in [0.5, 0.6) is 0 Å². The van der Waals surface area contributed by atoms with Gasteiger partial charge in [0.15, 0.2) is 0 Å². The average Bonchev–Trinajstić information content (AvgIpc) is 3.22. The second-order valence-electron chi connectivity index (χ2n) is 13.9. The number of ether oxygens (including phenoxy) is 1. The monoisotopic (exact) mass is 553 g/mol. The lowest BCUT2D eigenvalue weighted by Crippen LogP contribution is -2.51. The second kappa shape index (κ2) is 12.7. The third-order valence-corrected chi connectivity index (χ3v) is 12.3. The zero-order valence-electron chi connectivity index (χ0n) is 24.8. The highest BCUT2D eigenvalue weighted by Gasteiger charge is 2.59. The van der Waals surface area contributed by atoms with E-state index >= 15 is 0 Å². The average molecular weight is 554 g/mol. The van der Waals surface area contributed by atoms with Crippen LogP contribution in [0.1, 0.15) is 105 Å². The normalized spacial score (nSPS) is 39.2. The SMILES string of the molecule is CC(C)CCC[C@@H](C)[C@H]1CCC2C3CC=C4C[C@@H](OCCOP(=O)(O)OCCN)CC[C@]4(C)C3CC[C@@]21C. The molecule has 4 aliphatic rings. The van der Waals surface area contributed by atoms with Gasteiger partial charge in [-0.2, -0.15) is 0 Å². The first-order chi connectivity index (χ1) is 18.0. The fraction of sp³-hybridized carbons (Fsp3) is 0.935. The van der Waals surface area contributed by atoms with E-state index in [1.807, 2.05) is 0 Å². The van der Waals surface area contributed by atoms with Gasteiger partial charge in [-0.1, -0.05) is 65.5 Å². The summed E-state index contributed by atoms with van der Waals surface area (Å²) in [6, 6.07) is 0. The Morgan fingerprint density at radius 1 is 1.03 bits per heavy atom. The van der Waals surface area contributed by atoms with Crippen molar-refractivity contribution in [2.75, 3.05) is 26.4 Å². The van der Waals surface area contributed by atoms with E-state index in [-0.39, 0.29) is 25.9 Å². The van der Waals surface area contributed by atoms with Gasteiger partial charge >= 0.3 is 7.82 Å². The summed E-state index contributed by atoms with van der Waals surface area (Å²) in [5.41, 5.74) is 7.76. The van der Waals surface area contributed by atoms with E-state index in [1.54, 1.807) is 5.57 Å². The number of phosphoric acid groups is 1. The van der Waals surface area contributed by atoms with Crippen molar-refractivity contribution in [3.05, 3.63) is 11.6 Å². The molecule has 0 aromatic heterocycles. The molecule has 0 aliphatic heterocycles. The summed E-state index contributed by atoms with van der Waals surface area (Å²) in [4.78, 5) is 9.66. The molecule has 0 heterocycles. The van der Waals surface area contributed by atoms with Crippen LogP contribution in [0.25, 0.3) is 0 Å². The lowest BCUT2D eigenvalue weighted by atomic mass is 9.47. The molecule has 38 heavy (non-hydrogen) atoms. The Bertz CT molecular complexity index is 863. The summed E-state index contributed by atoms with van der Waals surface area (Å²) in [7, 11) is -4.04. The highest BCUT2D eigenvalue weighted by atomic mass is 31.2. The zero-order chi connectivity index (χ0) is 27.6. The third-order valence-electron chi connectivity index (χ3n) is 11.3. The van der Waals surface area contributed by atoms with Gasteiger partial charge in [0.25, 0.3) is 0 Å². The molecule has 3 N–H and O–H groups in total. The van der Waals surface area contributed by atoms with Crippen molar-refractivity contribution in [1.29, 1.82) is 0 Å². The molecular weight excluding hydrogens is 497 g/mol. The second-order valence-corrected chi connectivity index (χ2v) is 15.4. The molecular formula is C31H56NO5P. The minimum absolute atomic E-state index is 0.00411. The van der Waals surface area contributed by atoms with Crippen molar-refractivity contribution in [3.8, 4) is 0 Å². The molecule has 9 atom stereocenters. The van der Waals surface area contributed by atoms with E-state index in [2.05, 4.69) is 40.7 Å². The molecule has 4 aliphatic carbocycles. The Kier molecular flexibility index (Phi) is 10.3. The van der Waals surface area contributed by atoms with E-state index in [1.165, 1.54) is 57.8 Å². The standard InChI is InChI=1S/C31H56NO5P/c1-22(2)7-6-8-23(3)27-11-12-28-26-10-9-24-21-25(35-19-20-37-38(33,34)36-18-17-32)13-15-30(24,4)29(26)14-16-31(27,28)5/h9,22-23,25-29H,6-8,10-21,32H2,1-5H3,(H,33,34)/t23-,25+,26?,27-,28?,29?,30+,31-/m1/s1. The topological polar surface area (TPSA) is 91.0 Å². The van der Waals surface area contributed by atoms with Crippen LogP contribution < -0.4 is 5.73 Å². The number of rotatable bonds is 13. The van der Waals surface area contributed by atoms with E-state index in [0.29, 0.717) is 17.4 Å². The van der Waals surface area contributed by atoms with Gasteiger partial charge in [0.05, 0.1) is 25.9 Å². The molecule has 0 radical (unpaired) electrons. The summed E-state index contributed by atoms with van der Waals surface area (Å²) in [5, 5.41) is 0. The number of allylic oxidation sites excluding steroid dienone is 1. The molecule has 6 nitrogen and oxygen atoms in total. The first kappa shape index (κ1) is 30.7. The zero-order valence-corrected chi connectivity index (χ0v) is 25.7. The Balaban J connectivity index is 1.32. The Morgan fingerprint density at radius 3 is 2.53 bits per heavy atom. The number of fused-ring (bicyclic) bond motifs is 5. The quantitative estimate of drug-likeness (QED) is 0.139. The molecule has 0 aromatic carbocycles. The predicted molar refractivity (Wildman–Crippen MR) is 154 cm³/mol. The molecule has 0 bridgehead atoms. The molecule has 220 valence electrons. The maximum atomic E-state index is 11.8. The first-order valence-electron chi connectivity index (χ1n) is 15.6. The van der Waals surface area contributed by atoms with Crippen molar-refractivity contribution in [2.24, 2.45) is 52.1 Å². The Hall–Kier alpha value is -0.230.